The number of hydrogen-bond donors (Lipinski definition) is 1. The minimum Gasteiger partial charge on any atom is -0.493 e. The molecule has 10 heteroatoms. The van der Waals surface area contributed by atoms with Crippen molar-refractivity contribution < 1.29 is 26.6 Å². The van der Waals surface area contributed by atoms with Crippen LogP contribution in [0.3, 0.4) is 0 Å². The predicted octanol–water partition coefficient (Wildman–Crippen LogP) is 3.48. The van der Waals surface area contributed by atoms with Crippen LogP contribution >= 0.6 is 0 Å². The molecule has 0 saturated heterocycles. The van der Waals surface area contributed by atoms with Crippen LogP contribution in [-0.4, -0.2) is 35.2 Å². The van der Waals surface area contributed by atoms with Crippen molar-refractivity contribution in [2.45, 2.75) is 25.5 Å². The van der Waals surface area contributed by atoms with Gasteiger partial charge in [0.2, 0.25) is 17.4 Å². The number of hydrogen-bond acceptors (Lipinski definition) is 9. The largest absolute Gasteiger partial charge is 0.493 e. The number of fused-ring (bicyclic) bond motifs is 1. The lowest BCUT2D eigenvalue weighted by Crippen LogP contribution is -2.31. The van der Waals surface area contributed by atoms with Gasteiger partial charge in [0, 0.05) is 38.7 Å². The molecule has 0 spiro atoms. The van der Waals surface area contributed by atoms with Crippen LogP contribution in [-0.2, 0) is 6.37 Å². The van der Waals surface area contributed by atoms with Crippen molar-refractivity contribution >= 4 is 11.5 Å². The summed E-state index contributed by atoms with van der Waals surface area (Å²) >= 11 is 0. The fourth-order valence-corrected chi connectivity index (χ4v) is 3.43. The summed E-state index contributed by atoms with van der Waals surface area (Å²) in [6.45, 7) is 1.81. The topological polar surface area (TPSA) is 132 Å². The monoisotopic (exact) mass is 440 g/mol. The second-order valence-electron chi connectivity index (χ2n) is 6.98. The minimum absolute atomic E-state index is 0.0668. The minimum atomic E-state index is -2.31. The highest BCUT2D eigenvalue weighted by molar-refractivity contribution is 5.60. The van der Waals surface area contributed by atoms with Crippen LogP contribution in [0.5, 0.6) is 23.1 Å². The van der Waals surface area contributed by atoms with E-state index in [2.05, 4.69) is 9.97 Å². The van der Waals surface area contributed by atoms with Crippen molar-refractivity contribution in [3.63, 3.8) is 0 Å². The molecule has 2 atom stereocenters. The molecule has 4 rings (SSSR count). The van der Waals surface area contributed by atoms with Gasteiger partial charge in [0.15, 0.2) is 17.6 Å². The van der Waals surface area contributed by atoms with E-state index in [1.807, 2.05) is 6.07 Å². The van der Waals surface area contributed by atoms with E-state index in [0.717, 1.165) is 5.56 Å². The number of rotatable bonds is 6. The molecule has 0 fully saturated rings. The molecule has 2 aromatic heterocycles. The number of aromatic nitrogens is 2. The van der Waals surface area contributed by atoms with Gasteiger partial charge in [0.1, 0.15) is 6.10 Å². The maximum atomic E-state index is 11.6. The van der Waals surface area contributed by atoms with Gasteiger partial charge in [-0.15, -0.1) is 0 Å². The number of methoxy groups -OCH3 is 2. The van der Waals surface area contributed by atoms with E-state index >= 15 is 0 Å². The third kappa shape index (κ3) is 3.94. The van der Waals surface area contributed by atoms with Gasteiger partial charge in [-0.1, -0.05) is 0 Å². The second-order valence-corrected chi connectivity index (χ2v) is 6.98. The molecular formula is C22H22N4O6. The zero-order chi connectivity index (χ0) is 24.6. The molecule has 0 aliphatic carbocycles. The van der Waals surface area contributed by atoms with Gasteiger partial charge < -0.3 is 24.7 Å². The maximum Gasteiger partial charge on any atom is 0.314 e. The molecule has 0 unspecified atom stereocenters. The van der Waals surface area contributed by atoms with E-state index in [0.29, 0.717) is 5.88 Å². The van der Waals surface area contributed by atoms with E-state index < -0.39 is 29.2 Å². The summed E-state index contributed by atoms with van der Waals surface area (Å²) in [6, 6.07) is 7.61. The third-order valence-electron chi connectivity index (χ3n) is 4.94. The summed E-state index contributed by atoms with van der Waals surface area (Å²) in [5.41, 5.74) is 5.66. The van der Waals surface area contributed by atoms with Crippen molar-refractivity contribution in [3.8, 4) is 23.1 Å². The molecule has 10 nitrogen and oxygen atoms in total. The predicted molar refractivity (Wildman–Crippen MR) is 115 cm³/mol. The molecule has 32 heavy (non-hydrogen) atoms. The van der Waals surface area contributed by atoms with Gasteiger partial charge in [-0.3, -0.25) is 10.1 Å². The molecule has 3 heterocycles. The number of benzene rings is 1. The van der Waals surface area contributed by atoms with Crippen molar-refractivity contribution in [2.75, 3.05) is 20.0 Å². The Kier molecular flexibility index (Phi) is 5.00. The molecule has 166 valence electrons. The number of nitrogens with zero attached hydrogens (tertiary/aromatic N) is 3. The molecule has 2 N–H and O–H groups in total. The van der Waals surface area contributed by atoms with E-state index in [1.165, 1.54) is 38.6 Å². The molecule has 0 amide bonds. The van der Waals surface area contributed by atoms with Gasteiger partial charge in [-0.05, 0) is 36.8 Å². The Hall–Kier alpha value is -4.08. The van der Waals surface area contributed by atoms with Gasteiger partial charge in [0.05, 0.1) is 19.1 Å². The molecule has 0 radical (unpaired) electrons. The lowest BCUT2D eigenvalue weighted by atomic mass is 10.0. The molecule has 3 aromatic rings. The number of ether oxygens (including phenoxy) is 4. The zero-order valence-electron chi connectivity index (χ0n) is 19.6. The van der Waals surface area contributed by atoms with E-state index in [4.69, 9.17) is 27.4 Å². The normalized spacial score (nSPS) is 18.3. The van der Waals surface area contributed by atoms with Gasteiger partial charge >= 0.3 is 5.69 Å². The first-order chi connectivity index (χ1) is 16.2. The Morgan fingerprint density at radius 1 is 1.22 bits per heavy atom. The highest BCUT2D eigenvalue weighted by atomic mass is 16.6. The van der Waals surface area contributed by atoms with Crippen LogP contribution < -0.4 is 24.7 Å². The number of nitrogen functional groups attached to an aromatic ring is 1. The summed E-state index contributed by atoms with van der Waals surface area (Å²) in [5.74, 6) is 0.821. The lowest BCUT2D eigenvalue weighted by molar-refractivity contribution is -0.384. The van der Waals surface area contributed by atoms with Gasteiger partial charge in [-0.2, -0.15) is 0 Å². The lowest BCUT2D eigenvalue weighted by Gasteiger charge is -2.33. The van der Waals surface area contributed by atoms with E-state index in [9.17, 15) is 10.1 Å². The molecule has 1 aliphatic heterocycles. The Morgan fingerprint density at radius 2 is 2.03 bits per heavy atom. The maximum absolute atomic E-state index is 11.6. The summed E-state index contributed by atoms with van der Waals surface area (Å²) in [6.07, 6.45) is -0.436. The van der Waals surface area contributed by atoms with Crippen molar-refractivity contribution in [3.05, 3.63) is 69.5 Å². The molecule has 0 saturated carbocycles. The van der Waals surface area contributed by atoms with Gasteiger partial charge in [-0.25, -0.2) is 9.97 Å². The Morgan fingerprint density at radius 3 is 2.69 bits per heavy atom. The third-order valence-corrected chi connectivity index (χ3v) is 4.94. The fraction of sp³-hybridized carbons (Fsp3) is 0.273. The van der Waals surface area contributed by atoms with Gasteiger partial charge in [0.25, 0.3) is 0 Å². The highest BCUT2D eigenvalue weighted by Crippen LogP contribution is 2.46. The van der Waals surface area contributed by atoms with Crippen LogP contribution in [0.15, 0.2) is 42.7 Å². The second kappa shape index (κ2) is 8.58. The van der Waals surface area contributed by atoms with Crippen molar-refractivity contribution in [1.82, 2.24) is 9.97 Å². The molecular weight excluding hydrogens is 416 g/mol. The van der Waals surface area contributed by atoms with Crippen molar-refractivity contribution in [1.29, 1.82) is 0 Å². The SMILES string of the molecule is [2H]C([2H])(c1cc(OC)c2c(c1)O[C@@H](C)[C@H](c1ccc(OC)nc1)O2)c1ccnc(N)c1[N+](=O)[O-]. The van der Waals surface area contributed by atoms with Crippen LogP contribution in [0, 0.1) is 10.1 Å². The number of nitrogens with two attached hydrogens (primary N) is 1. The van der Waals surface area contributed by atoms with Crippen LogP contribution in [0.2, 0.25) is 0 Å². The standard InChI is InChI=1S/C22H22N4O6/c1-12-20(15-4-5-18(30-3)25-11-15)32-21-16(29-2)9-13(10-17(21)31-12)8-14-6-7-24-22(23)19(14)26(27)28/h4-7,9-12,20H,8H2,1-3H3,(H2,23,24)/t12-,20+/m0/s1/i8D2. The molecule has 1 aliphatic rings. The smallest absolute Gasteiger partial charge is 0.314 e. The average Bonchev–Trinajstić information content (AvgIpc) is 2.82. The summed E-state index contributed by atoms with van der Waals surface area (Å²) in [4.78, 5) is 18.7. The Labute approximate surface area is 186 Å². The summed E-state index contributed by atoms with van der Waals surface area (Å²) in [7, 11) is 2.93. The fourth-order valence-electron chi connectivity index (χ4n) is 3.43. The molecule has 1 aromatic carbocycles. The highest BCUT2D eigenvalue weighted by Gasteiger charge is 2.33. The number of anilines is 1. The first-order valence-corrected chi connectivity index (χ1v) is 9.62. The summed E-state index contributed by atoms with van der Waals surface area (Å²) in [5, 5.41) is 11.6. The average molecular weight is 440 g/mol. The van der Waals surface area contributed by atoms with E-state index in [-0.39, 0.29) is 34.2 Å². The Balaban J connectivity index is 1.77. The number of pyridine rings is 2. The summed E-state index contributed by atoms with van der Waals surface area (Å²) < 4.78 is 40.2. The zero-order valence-corrected chi connectivity index (χ0v) is 17.6. The first-order valence-electron chi connectivity index (χ1n) is 10.6. The molecule has 0 bridgehead atoms. The Bertz CT molecular complexity index is 1240. The quantitative estimate of drug-likeness (QED) is 0.452. The first kappa shape index (κ1) is 18.7. The van der Waals surface area contributed by atoms with E-state index in [1.54, 1.807) is 19.2 Å². The van der Waals surface area contributed by atoms with Crippen molar-refractivity contribution in [2.24, 2.45) is 0 Å². The van der Waals surface area contributed by atoms with Crippen LogP contribution in [0.1, 0.15) is 32.5 Å². The van der Waals surface area contributed by atoms with Crippen LogP contribution in [0.4, 0.5) is 11.5 Å². The number of nitro groups is 1. The van der Waals surface area contributed by atoms with Crippen LogP contribution in [0.25, 0.3) is 0 Å².